The highest BCUT2D eigenvalue weighted by molar-refractivity contribution is 6.47. The van der Waals surface area contributed by atoms with Gasteiger partial charge in [0.05, 0.1) is 29.4 Å². The molecule has 116 valence electrons. The van der Waals surface area contributed by atoms with E-state index in [1.807, 2.05) is 27.7 Å². The number of aliphatic hydroxyl groups excluding tert-OH is 1. The van der Waals surface area contributed by atoms with Crippen LogP contribution in [0.2, 0.25) is 0 Å². The highest BCUT2D eigenvalue weighted by Crippen LogP contribution is 2.41. The molecule has 2 heterocycles. The summed E-state index contributed by atoms with van der Waals surface area (Å²) in [4.78, 5) is 4.03. The third kappa shape index (κ3) is 2.66. The second-order valence-electron chi connectivity index (χ2n) is 6.44. The van der Waals surface area contributed by atoms with Crippen LogP contribution in [0.5, 0.6) is 5.75 Å². The van der Waals surface area contributed by atoms with Gasteiger partial charge in [-0.3, -0.25) is 4.98 Å². The number of hydrogen-bond acceptors (Lipinski definition) is 6. The highest BCUT2D eigenvalue weighted by Gasteiger charge is 2.54. The Kier molecular flexibility index (Phi) is 4.05. The summed E-state index contributed by atoms with van der Waals surface area (Å²) in [6, 6.07) is 0. The average molecular weight is 294 g/mol. The molecule has 6 nitrogen and oxygen atoms in total. The van der Waals surface area contributed by atoms with Crippen molar-refractivity contribution in [3.05, 3.63) is 23.0 Å². The Morgan fingerprint density at radius 3 is 2.29 bits per heavy atom. The van der Waals surface area contributed by atoms with Crippen molar-refractivity contribution in [1.82, 2.24) is 4.98 Å². The molecule has 1 fully saturated rings. The first-order valence-corrected chi connectivity index (χ1v) is 7.00. The summed E-state index contributed by atoms with van der Waals surface area (Å²) in [6.45, 7) is 9.16. The summed E-state index contributed by atoms with van der Waals surface area (Å²) in [5, 5.41) is 19.7. The molecule has 0 aromatic carbocycles. The van der Waals surface area contributed by atoms with Gasteiger partial charge < -0.3 is 25.3 Å². The SMILES string of the molecule is Cc1ncc(CO)c([C@@H](N)B2OC(C)(C)C(C)(C)O2)c1O. The van der Waals surface area contributed by atoms with Gasteiger partial charge in [-0.15, -0.1) is 0 Å². The number of aromatic hydroxyl groups is 1. The molecule has 4 N–H and O–H groups in total. The maximum Gasteiger partial charge on any atom is 0.480 e. The van der Waals surface area contributed by atoms with E-state index in [1.54, 1.807) is 6.92 Å². The Morgan fingerprint density at radius 2 is 1.81 bits per heavy atom. The molecular formula is C14H23BN2O4. The first-order chi connectivity index (χ1) is 9.60. The fourth-order valence-corrected chi connectivity index (χ4v) is 2.32. The number of rotatable bonds is 3. The highest BCUT2D eigenvalue weighted by atomic mass is 16.7. The van der Waals surface area contributed by atoms with Gasteiger partial charge in [-0.25, -0.2) is 0 Å². The lowest BCUT2D eigenvalue weighted by atomic mass is 9.73. The number of pyridine rings is 1. The number of aryl methyl sites for hydroxylation is 1. The number of aliphatic hydroxyl groups is 1. The quantitative estimate of drug-likeness (QED) is 0.725. The summed E-state index contributed by atoms with van der Waals surface area (Å²) < 4.78 is 11.8. The topological polar surface area (TPSA) is 97.8 Å². The first kappa shape index (κ1) is 16.2. The molecule has 1 saturated heterocycles. The van der Waals surface area contributed by atoms with Crippen molar-refractivity contribution in [3.63, 3.8) is 0 Å². The van der Waals surface area contributed by atoms with Crippen molar-refractivity contribution >= 4 is 7.12 Å². The minimum Gasteiger partial charge on any atom is -0.506 e. The van der Waals surface area contributed by atoms with Gasteiger partial charge in [0.1, 0.15) is 5.75 Å². The minimum atomic E-state index is -0.713. The van der Waals surface area contributed by atoms with Crippen molar-refractivity contribution < 1.29 is 19.5 Å². The van der Waals surface area contributed by atoms with E-state index in [9.17, 15) is 10.2 Å². The van der Waals surface area contributed by atoms with Crippen molar-refractivity contribution in [3.8, 4) is 5.75 Å². The van der Waals surface area contributed by atoms with E-state index >= 15 is 0 Å². The number of aromatic nitrogens is 1. The fraction of sp³-hybridized carbons (Fsp3) is 0.643. The Bertz CT molecular complexity index is 532. The molecule has 21 heavy (non-hydrogen) atoms. The van der Waals surface area contributed by atoms with Crippen LogP contribution in [-0.4, -0.2) is 33.5 Å². The van der Waals surface area contributed by atoms with Crippen molar-refractivity contribution in [2.45, 2.75) is 58.4 Å². The van der Waals surface area contributed by atoms with Gasteiger partial charge >= 0.3 is 7.12 Å². The molecular weight excluding hydrogens is 271 g/mol. The Balaban J connectivity index is 2.38. The molecule has 1 aliphatic heterocycles. The van der Waals surface area contributed by atoms with Crippen LogP contribution in [0, 0.1) is 6.92 Å². The zero-order valence-corrected chi connectivity index (χ0v) is 13.2. The van der Waals surface area contributed by atoms with Crippen molar-refractivity contribution in [1.29, 1.82) is 0 Å². The van der Waals surface area contributed by atoms with Gasteiger partial charge in [-0.1, -0.05) is 0 Å². The smallest absolute Gasteiger partial charge is 0.480 e. The van der Waals surface area contributed by atoms with E-state index < -0.39 is 24.3 Å². The largest absolute Gasteiger partial charge is 0.506 e. The molecule has 7 heteroatoms. The van der Waals surface area contributed by atoms with E-state index in [4.69, 9.17) is 15.0 Å². The van der Waals surface area contributed by atoms with Crippen LogP contribution in [0.3, 0.4) is 0 Å². The number of nitrogens with two attached hydrogens (primary N) is 1. The lowest BCUT2D eigenvalue weighted by Gasteiger charge is -2.32. The number of hydrogen-bond donors (Lipinski definition) is 3. The van der Waals surface area contributed by atoms with Crippen LogP contribution in [0.4, 0.5) is 0 Å². The monoisotopic (exact) mass is 294 g/mol. The Labute approximate surface area is 125 Å². The van der Waals surface area contributed by atoms with Gasteiger partial charge in [0.15, 0.2) is 0 Å². The van der Waals surface area contributed by atoms with Crippen LogP contribution in [0.25, 0.3) is 0 Å². The number of nitrogens with zero attached hydrogens (tertiary/aromatic N) is 1. The fourth-order valence-electron chi connectivity index (χ4n) is 2.32. The third-order valence-electron chi connectivity index (χ3n) is 4.43. The minimum absolute atomic E-state index is 0.0243. The first-order valence-electron chi connectivity index (χ1n) is 7.00. The van der Waals surface area contributed by atoms with Crippen LogP contribution in [0.15, 0.2) is 6.20 Å². The molecule has 0 aliphatic carbocycles. The van der Waals surface area contributed by atoms with Gasteiger partial charge in [0.2, 0.25) is 0 Å². The standard InChI is InChI=1S/C14H23BN2O4/c1-8-11(19)10(9(7-18)6-17-8)12(16)15-20-13(2,3)14(4,5)21-15/h6,12,18-19H,7,16H2,1-5H3/t12-/m1/s1. The molecule has 0 bridgehead atoms. The molecule has 0 amide bonds. The predicted molar refractivity (Wildman–Crippen MR) is 79.6 cm³/mol. The van der Waals surface area contributed by atoms with Crippen LogP contribution < -0.4 is 5.73 Å². The predicted octanol–water partition coefficient (Wildman–Crippen LogP) is 1.22. The average Bonchev–Trinajstić information content (AvgIpc) is 2.61. The molecule has 0 spiro atoms. The Hall–Kier alpha value is -1.15. The zero-order chi connectivity index (χ0) is 16.0. The van der Waals surface area contributed by atoms with Crippen molar-refractivity contribution in [2.75, 3.05) is 0 Å². The summed E-state index contributed by atoms with van der Waals surface area (Å²) in [6.07, 6.45) is 1.51. The molecule has 0 saturated carbocycles. The maximum absolute atomic E-state index is 10.2. The maximum atomic E-state index is 10.2. The normalized spacial score (nSPS) is 21.6. The zero-order valence-electron chi connectivity index (χ0n) is 13.2. The second kappa shape index (κ2) is 5.24. The summed E-state index contributed by atoms with van der Waals surface area (Å²) in [7, 11) is -0.701. The van der Waals surface area contributed by atoms with Gasteiger partial charge in [0.25, 0.3) is 0 Å². The van der Waals surface area contributed by atoms with Gasteiger partial charge in [0, 0.05) is 17.3 Å². The van der Waals surface area contributed by atoms with Gasteiger partial charge in [-0.2, -0.15) is 0 Å². The summed E-state index contributed by atoms with van der Waals surface area (Å²) >= 11 is 0. The molecule has 1 aliphatic rings. The van der Waals surface area contributed by atoms with Crippen LogP contribution in [-0.2, 0) is 15.9 Å². The molecule has 0 unspecified atom stereocenters. The Morgan fingerprint density at radius 1 is 1.29 bits per heavy atom. The van der Waals surface area contributed by atoms with Crippen molar-refractivity contribution in [2.24, 2.45) is 5.73 Å². The van der Waals surface area contributed by atoms with E-state index in [-0.39, 0.29) is 12.4 Å². The molecule has 1 atom stereocenters. The lowest BCUT2D eigenvalue weighted by molar-refractivity contribution is 0.00578. The van der Waals surface area contributed by atoms with Gasteiger partial charge in [-0.05, 0) is 34.6 Å². The van der Waals surface area contributed by atoms with Crippen LogP contribution >= 0.6 is 0 Å². The summed E-state index contributed by atoms with van der Waals surface area (Å²) in [5.41, 5.74) is 6.57. The van der Waals surface area contributed by atoms with E-state index in [0.29, 0.717) is 16.8 Å². The summed E-state index contributed by atoms with van der Waals surface area (Å²) in [5.74, 6) is -0.737. The molecule has 0 radical (unpaired) electrons. The molecule has 2 rings (SSSR count). The molecule has 1 aromatic rings. The second-order valence-corrected chi connectivity index (χ2v) is 6.44. The van der Waals surface area contributed by atoms with E-state index in [1.165, 1.54) is 6.20 Å². The molecule has 1 aromatic heterocycles. The third-order valence-corrected chi connectivity index (χ3v) is 4.43. The lowest BCUT2D eigenvalue weighted by Crippen LogP contribution is -2.41. The van der Waals surface area contributed by atoms with E-state index in [2.05, 4.69) is 4.98 Å². The van der Waals surface area contributed by atoms with E-state index in [0.717, 1.165) is 0 Å². The van der Waals surface area contributed by atoms with Crippen LogP contribution in [0.1, 0.15) is 50.5 Å².